The first kappa shape index (κ1) is 22.9. The van der Waals surface area contributed by atoms with Gasteiger partial charge in [0.1, 0.15) is 5.75 Å². The number of nitrogens with zero attached hydrogens (tertiary/aromatic N) is 2. The Morgan fingerprint density at radius 1 is 1.03 bits per heavy atom. The molecule has 1 heterocycles. The van der Waals surface area contributed by atoms with Crippen LogP contribution in [-0.2, 0) is 14.8 Å². The number of hydrogen-bond donors (Lipinski definition) is 0. The normalized spacial score (nSPS) is 15.4. The molecule has 1 aliphatic rings. The van der Waals surface area contributed by atoms with E-state index in [0.717, 1.165) is 5.56 Å². The predicted octanol–water partition coefficient (Wildman–Crippen LogP) is 4.03. The van der Waals surface area contributed by atoms with Crippen LogP contribution in [-0.4, -0.2) is 56.3 Å². The van der Waals surface area contributed by atoms with Crippen LogP contribution in [0.3, 0.4) is 0 Å². The van der Waals surface area contributed by atoms with Gasteiger partial charge < -0.3 is 9.64 Å². The monoisotopic (exact) mass is 470 g/mol. The van der Waals surface area contributed by atoms with Gasteiger partial charge in [0.05, 0.1) is 9.92 Å². The number of sulfonamides is 1. The third kappa shape index (κ3) is 5.27. The summed E-state index contributed by atoms with van der Waals surface area (Å²) in [6, 6.07) is 11.8. The molecule has 1 saturated heterocycles. The highest BCUT2D eigenvalue weighted by molar-refractivity contribution is 7.89. The van der Waals surface area contributed by atoms with Crippen LogP contribution in [0, 0.1) is 0 Å². The van der Waals surface area contributed by atoms with Crippen LogP contribution in [0.1, 0.15) is 25.3 Å². The van der Waals surface area contributed by atoms with Gasteiger partial charge in [0.15, 0.2) is 6.61 Å². The summed E-state index contributed by atoms with van der Waals surface area (Å²) in [5.74, 6) is 0.487. The van der Waals surface area contributed by atoms with Crippen LogP contribution >= 0.6 is 23.2 Å². The lowest BCUT2D eigenvalue weighted by Crippen LogP contribution is -2.51. The lowest BCUT2D eigenvalue weighted by molar-refractivity contribution is -0.134. The lowest BCUT2D eigenvalue weighted by atomic mass is 10.0. The molecule has 0 bridgehead atoms. The molecule has 0 spiro atoms. The summed E-state index contributed by atoms with van der Waals surface area (Å²) in [5, 5.41) is 0.810. The third-order valence-corrected chi connectivity index (χ3v) is 7.46. The molecule has 0 radical (unpaired) electrons. The number of halogens is 2. The van der Waals surface area contributed by atoms with E-state index in [4.69, 9.17) is 27.9 Å². The van der Waals surface area contributed by atoms with Gasteiger partial charge in [-0.1, -0.05) is 49.2 Å². The smallest absolute Gasteiger partial charge is 0.260 e. The van der Waals surface area contributed by atoms with E-state index in [1.54, 1.807) is 35.2 Å². The predicted molar refractivity (Wildman–Crippen MR) is 118 cm³/mol. The first-order valence-electron chi connectivity index (χ1n) is 9.64. The fourth-order valence-corrected chi connectivity index (χ4v) is 5.06. The Kier molecular flexibility index (Phi) is 7.29. The third-order valence-electron chi connectivity index (χ3n) is 5.02. The molecular formula is C21H24Cl2N2O4S. The molecule has 2 aromatic rings. The van der Waals surface area contributed by atoms with Crippen LogP contribution in [0.5, 0.6) is 5.75 Å². The highest BCUT2D eigenvalue weighted by Crippen LogP contribution is 2.27. The molecular weight excluding hydrogens is 447 g/mol. The van der Waals surface area contributed by atoms with Gasteiger partial charge >= 0.3 is 0 Å². The van der Waals surface area contributed by atoms with Crippen LogP contribution in [0.25, 0.3) is 0 Å². The number of hydrogen-bond acceptors (Lipinski definition) is 4. The summed E-state index contributed by atoms with van der Waals surface area (Å²) in [6.07, 6.45) is 0. The van der Waals surface area contributed by atoms with Crippen LogP contribution in [0.2, 0.25) is 10.0 Å². The van der Waals surface area contributed by atoms with Crippen molar-refractivity contribution in [2.75, 3.05) is 32.8 Å². The van der Waals surface area contributed by atoms with Crippen LogP contribution in [0.15, 0.2) is 47.4 Å². The van der Waals surface area contributed by atoms with E-state index in [-0.39, 0.29) is 30.5 Å². The fraction of sp³-hybridized carbons (Fsp3) is 0.381. The summed E-state index contributed by atoms with van der Waals surface area (Å²) in [5.41, 5.74) is 1.09. The zero-order valence-corrected chi connectivity index (χ0v) is 19.2. The van der Waals surface area contributed by atoms with Gasteiger partial charge in [0, 0.05) is 31.2 Å². The van der Waals surface area contributed by atoms with E-state index >= 15 is 0 Å². The molecule has 162 valence electrons. The van der Waals surface area contributed by atoms with Crippen molar-refractivity contribution in [1.82, 2.24) is 9.21 Å². The van der Waals surface area contributed by atoms with E-state index in [9.17, 15) is 13.2 Å². The van der Waals surface area contributed by atoms with Gasteiger partial charge in [-0.15, -0.1) is 0 Å². The minimum Gasteiger partial charge on any atom is -0.482 e. The van der Waals surface area contributed by atoms with Gasteiger partial charge in [0.2, 0.25) is 10.0 Å². The summed E-state index contributed by atoms with van der Waals surface area (Å²) in [6.45, 7) is 5.03. The highest BCUT2D eigenvalue weighted by atomic mass is 35.5. The molecule has 0 saturated carbocycles. The number of piperazine rings is 1. The van der Waals surface area contributed by atoms with Crippen molar-refractivity contribution in [3.63, 3.8) is 0 Å². The number of benzene rings is 2. The van der Waals surface area contributed by atoms with Crippen molar-refractivity contribution in [2.24, 2.45) is 0 Å². The van der Waals surface area contributed by atoms with E-state index in [1.165, 1.54) is 4.31 Å². The molecule has 2 aromatic carbocycles. The number of amides is 1. The molecule has 0 atom stereocenters. The summed E-state index contributed by atoms with van der Waals surface area (Å²) >= 11 is 11.9. The SMILES string of the molecule is CC(C)c1ccc(S(=O)(=O)N2CCN(C(=O)COc3ccc(Cl)cc3Cl)CC2)cc1. The molecule has 1 amide bonds. The standard InChI is InChI=1S/C21H24Cl2N2O4S/c1-15(2)16-3-6-18(7-4-16)30(27,28)25-11-9-24(10-12-25)21(26)14-29-20-8-5-17(22)13-19(20)23/h3-8,13,15H,9-12,14H2,1-2H3. The molecule has 3 rings (SSSR count). The molecule has 6 nitrogen and oxygen atoms in total. The van der Waals surface area contributed by atoms with Gasteiger partial charge in [-0.3, -0.25) is 4.79 Å². The number of carbonyl (C=O) groups excluding carboxylic acids is 1. The molecule has 0 N–H and O–H groups in total. The Morgan fingerprint density at radius 2 is 1.67 bits per heavy atom. The zero-order chi connectivity index (χ0) is 21.9. The maximum atomic E-state index is 12.9. The maximum Gasteiger partial charge on any atom is 0.260 e. The largest absolute Gasteiger partial charge is 0.482 e. The van der Waals surface area contributed by atoms with E-state index in [1.807, 2.05) is 12.1 Å². The number of ether oxygens (including phenoxy) is 1. The topological polar surface area (TPSA) is 66.9 Å². The summed E-state index contributed by atoms with van der Waals surface area (Å²) in [7, 11) is -3.58. The second-order valence-electron chi connectivity index (χ2n) is 7.37. The van der Waals surface area contributed by atoms with Gasteiger partial charge in [-0.25, -0.2) is 8.42 Å². The lowest BCUT2D eigenvalue weighted by Gasteiger charge is -2.34. The van der Waals surface area contributed by atoms with E-state index < -0.39 is 10.0 Å². The quantitative estimate of drug-likeness (QED) is 0.638. The Bertz CT molecular complexity index is 1000. The highest BCUT2D eigenvalue weighted by Gasteiger charge is 2.30. The molecule has 0 aromatic heterocycles. The fourth-order valence-electron chi connectivity index (χ4n) is 3.17. The molecule has 1 aliphatic heterocycles. The van der Waals surface area contributed by atoms with Crippen molar-refractivity contribution in [3.8, 4) is 5.75 Å². The molecule has 9 heteroatoms. The van der Waals surface area contributed by atoms with Crippen LogP contribution in [0.4, 0.5) is 0 Å². The molecule has 0 aliphatic carbocycles. The Balaban J connectivity index is 1.56. The van der Waals surface area contributed by atoms with Gasteiger partial charge in [-0.05, 0) is 41.8 Å². The maximum absolute atomic E-state index is 12.9. The summed E-state index contributed by atoms with van der Waals surface area (Å²) < 4.78 is 32.7. The van der Waals surface area contributed by atoms with E-state index in [0.29, 0.717) is 34.8 Å². The second-order valence-corrected chi connectivity index (χ2v) is 10.2. The Labute approximate surface area is 187 Å². The summed E-state index contributed by atoms with van der Waals surface area (Å²) in [4.78, 5) is 14.3. The van der Waals surface area contributed by atoms with E-state index in [2.05, 4.69) is 13.8 Å². The molecule has 1 fully saturated rings. The Hall–Kier alpha value is -1.80. The average molecular weight is 471 g/mol. The number of rotatable bonds is 6. The Morgan fingerprint density at radius 3 is 2.23 bits per heavy atom. The van der Waals surface area contributed by atoms with Gasteiger partial charge in [0.25, 0.3) is 5.91 Å². The van der Waals surface area contributed by atoms with Crippen LogP contribution < -0.4 is 4.74 Å². The molecule has 0 unspecified atom stereocenters. The van der Waals surface area contributed by atoms with Crippen molar-refractivity contribution >= 4 is 39.1 Å². The van der Waals surface area contributed by atoms with Crippen molar-refractivity contribution in [2.45, 2.75) is 24.7 Å². The first-order chi connectivity index (χ1) is 14.2. The first-order valence-corrected chi connectivity index (χ1v) is 11.8. The second kappa shape index (κ2) is 9.56. The zero-order valence-electron chi connectivity index (χ0n) is 16.8. The minimum absolute atomic E-state index is 0.176. The van der Waals surface area contributed by atoms with Gasteiger partial charge in [-0.2, -0.15) is 4.31 Å². The number of carbonyl (C=O) groups is 1. The average Bonchev–Trinajstić information content (AvgIpc) is 2.73. The van der Waals surface area contributed by atoms with Crippen molar-refractivity contribution < 1.29 is 17.9 Å². The molecule has 30 heavy (non-hydrogen) atoms. The van der Waals surface area contributed by atoms with Crippen molar-refractivity contribution in [3.05, 3.63) is 58.1 Å². The van der Waals surface area contributed by atoms with Crippen molar-refractivity contribution in [1.29, 1.82) is 0 Å². The minimum atomic E-state index is -3.58.